The first-order valence-corrected chi connectivity index (χ1v) is 12.7. The van der Waals surface area contributed by atoms with Gasteiger partial charge >= 0.3 is 0 Å². The van der Waals surface area contributed by atoms with Gasteiger partial charge in [0.1, 0.15) is 11.4 Å². The van der Waals surface area contributed by atoms with E-state index in [1.807, 2.05) is 6.20 Å². The number of nitrogens with one attached hydrogen (secondary N) is 2. The monoisotopic (exact) mass is 499 g/mol. The molecular weight excluding hydrogens is 461 g/mol. The van der Waals surface area contributed by atoms with E-state index in [-0.39, 0.29) is 35.8 Å². The third kappa shape index (κ3) is 6.60. The van der Waals surface area contributed by atoms with Crippen LogP contribution >= 0.6 is 0 Å². The molecule has 1 fully saturated rings. The number of aromatic nitrogens is 1. The molecule has 1 aliphatic carbocycles. The molecule has 0 radical (unpaired) electrons. The molecular formula is C28H38FN3O4. The zero-order chi connectivity index (χ0) is 26.1. The predicted molar refractivity (Wildman–Crippen MR) is 135 cm³/mol. The number of benzene rings is 1. The second-order valence-electron chi connectivity index (χ2n) is 11.7. The van der Waals surface area contributed by atoms with Crippen molar-refractivity contribution in [3.63, 3.8) is 0 Å². The van der Waals surface area contributed by atoms with Crippen LogP contribution in [0.2, 0.25) is 0 Å². The van der Waals surface area contributed by atoms with Crippen LogP contribution in [0.1, 0.15) is 69.7 Å². The highest BCUT2D eigenvalue weighted by molar-refractivity contribution is 5.73. The van der Waals surface area contributed by atoms with Crippen molar-refractivity contribution in [1.29, 1.82) is 0 Å². The molecule has 7 nitrogen and oxygen atoms in total. The van der Waals surface area contributed by atoms with Gasteiger partial charge in [0.25, 0.3) is 0 Å². The van der Waals surface area contributed by atoms with Gasteiger partial charge in [0, 0.05) is 50.5 Å². The number of carbonyl (C=O) groups is 1. The Bertz CT molecular complexity index is 1060. The van der Waals surface area contributed by atoms with E-state index in [9.17, 15) is 19.4 Å². The largest absolute Gasteiger partial charge is 0.471 e. The third-order valence-corrected chi connectivity index (χ3v) is 6.95. The smallest absolute Gasteiger partial charge is 0.218 e. The summed E-state index contributed by atoms with van der Waals surface area (Å²) in [5.74, 6) is 0.00299. The fourth-order valence-electron chi connectivity index (χ4n) is 5.34. The van der Waals surface area contributed by atoms with Crippen molar-refractivity contribution >= 4 is 5.91 Å². The fourth-order valence-corrected chi connectivity index (χ4v) is 5.34. The van der Waals surface area contributed by atoms with Crippen LogP contribution in [0.3, 0.4) is 0 Å². The number of fused-ring (bicyclic) bond motifs is 1. The van der Waals surface area contributed by atoms with Gasteiger partial charge in [-0.15, -0.1) is 0 Å². The summed E-state index contributed by atoms with van der Waals surface area (Å²) in [6.07, 6.45) is 3.62. The van der Waals surface area contributed by atoms with E-state index in [0.29, 0.717) is 31.6 Å². The molecule has 1 spiro atoms. The van der Waals surface area contributed by atoms with Gasteiger partial charge in [-0.05, 0) is 47.6 Å². The lowest BCUT2D eigenvalue weighted by molar-refractivity contribution is -0.120. The molecule has 36 heavy (non-hydrogen) atoms. The number of rotatable bonds is 8. The standard InChI is InChI=1S/C28H38FN3O4/c1-17(33)32-23(10-18-5-7-20(29)8-6-18)25(35)16-30-24-14-28(12-21(34)13-28)36-26-22(24)9-19(15-31-26)11-27(2,3)4/h5-9,15,21,23-25,30,34-35H,10-14,16H2,1-4H3,(H,32,33)/t21?,23-,24-,25+,28?/m0/s1. The molecule has 3 atom stereocenters. The number of pyridine rings is 1. The summed E-state index contributed by atoms with van der Waals surface area (Å²) in [5.41, 5.74) is 2.54. The van der Waals surface area contributed by atoms with Gasteiger partial charge in [-0.2, -0.15) is 0 Å². The summed E-state index contributed by atoms with van der Waals surface area (Å²) < 4.78 is 19.6. The number of amides is 1. The summed E-state index contributed by atoms with van der Waals surface area (Å²) in [6, 6.07) is 7.54. The first kappa shape index (κ1) is 26.5. The van der Waals surface area contributed by atoms with E-state index in [4.69, 9.17) is 4.74 Å². The number of nitrogens with zero attached hydrogens (tertiary/aromatic N) is 1. The SMILES string of the molecule is CC(=O)N[C@@H](Cc1ccc(F)cc1)[C@H](O)CN[C@H]1CC2(CC(O)C2)Oc2ncc(CC(C)(C)C)cc21. The van der Waals surface area contributed by atoms with Crippen molar-refractivity contribution < 1.29 is 24.1 Å². The summed E-state index contributed by atoms with van der Waals surface area (Å²) in [5, 5.41) is 27.4. The Labute approximate surface area is 212 Å². The minimum Gasteiger partial charge on any atom is -0.471 e. The van der Waals surface area contributed by atoms with Crippen molar-refractivity contribution in [1.82, 2.24) is 15.6 Å². The van der Waals surface area contributed by atoms with E-state index in [0.717, 1.165) is 23.1 Å². The van der Waals surface area contributed by atoms with Gasteiger partial charge in [-0.3, -0.25) is 4.79 Å². The van der Waals surface area contributed by atoms with Gasteiger partial charge in [0.2, 0.25) is 11.8 Å². The van der Waals surface area contributed by atoms with Crippen molar-refractivity contribution in [2.45, 2.75) is 89.7 Å². The highest BCUT2D eigenvalue weighted by Crippen LogP contribution is 2.48. The summed E-state index contributed by atoms with van der Waals surface area (Å²) in [6.45, 7) is 8.20. The second kappa shape index (κ2) is 10.4. The Balaban J connectivity index is 1.51. The minimum absolute atomic E-state index is 0.107. The van der Waals surface area contributed by atoms with E-state index in [2.05, 4.69) is 42.5 Å². The average Bonchev–Trinajstić information content (AvgIpc) is 2.76. The van der Waals surface area contributed by atoms with Crippen LogP contribution in [-0.4, -0.2) is 51.5 Å². The van der Waals surface area contributed by atoms with Crippen molar-refractivity contribution in [2.75, 3.05) is 6.54 Å². The average molecular weight is 500 g/mol. The Morgan fingerprint density at radius 1 is 1.22 bits per heavy atom. The molecule has 1 aromatic carbocycles. The zero-order valence-electron chi connectivity index (χ0n) is 21.6. The van der Waals surface area contributed by atoms with Crippen LogP contribution in [0.15, 0.2) is 36.5 Å². The van der Waals surface area contributed by atoms with Crippen molar-refractivity contribution in [2.24, 2.45) is 5.41 Å². The van der Waals surface area contributed by atoms with Crippen LogP contribution in [0.5, 0.6) is 5.88 Å². The predicted octanol–water partition coefficient (Wildman–Crippen LogP) is 3.22. The number of aliphatic hydroxyl groups excluding tert-OH is 2. The summed E-state index contributed by atoms with van der Waals surface area (Å²) in [7, 11) is 0. The van der Waals surface area contributed by atoms with Crippen molar-refractivity contribution in [3.05, 3.63) is 59.0 Å². The van der Waals surface area contributed by atoms with Gasteiger partial charge in [0.05, 0.1) is 18.2 Å². The Kier molecular flexibility index (Phi) is 7.69. The molecule has 0 saturated heterocycles. The molecule has 0 bridgehead atoms. The molecule has 1 amide bonds. The highest BCUT2D eigenvalue weighted by atomic mass is 19.1. The maximum atomic E-state index is 13.3. The molecule has 4 N–H and O–H groups in total. The lowest BCUT2D eigenvalue weighted by atomic mass is 9.71. The quantitative estimate of drug-likeness (QED) is 0.445. The van der Waals surface area contributed by atoms with Gasteiger partial charge in [-0.1, -0.05) is 32.9 Å². The third-order valence-electron chi connectivity index (χ3n) is 6.95. The Morgan fingerprint density at radius 3 is 2.53 bits per heavy atom. The Morgan fingerprint density at radius 2 is 1.92 bits per heavy atom. The summed E-state index contributed by atoms with van der Waals surface area (Å²) >= 11 is 0. The van der Waals surface area contributed by atoms with Crippen LogP contribution in [0.25, 0.3) is 0 Å². The molecule has 2 aliphatic rings. The Hall–Kier alpha value is -2.55. The maximum Gasteiger partial charge on any atom is 0.218 e. The molecule has 1 aliphatic heterocycles. The number of aliphatic hydroxyl groups is 2. The maximum absolute atomic E-state index is 13.3. The molecule has 2 aromatic rings. The molecule has 1 aromatic heterocycles. The number of hydrogen-bond donors (Lipinski definition) is 4. The first-order chi connectivity index (χ1) is 16.9. The molecule has 2 heterocycles. The second-order valence-corrected chi connectivity index (χ2v) is 11.7. The summed E-state index contributed by atoms with van der Waals surface area (Å²) in [4.78, 5) is 16.5. The van der Waals surface area contributed by atoms with Crippen LogP contribution in [0.4, 0.5) is 4.39 Å². The lowest BCUT2D eigenvalue weighted by Crippen LogP contribution is -2.56. The molecule has 1 saturated carbocycles. The van der Waals surface area contributed by atoms with E-state index < -0.39 is 17.7 Å². The minimum atomic E-state index is -0.876. The number of halogens is 1. The number of hydrogen-bond acceptors (Lipinski definition) is 6. The number of carbonyl (C=O) groups excluding carboxylic acids is 1. The fraction of sp³-hybridized carbons (Fsp3) is 0.571. The molecule has 196 valence electrons. The van der Waals surface area contributed by atoms with Crippen LogP contribution in [-0.2, 0) is 17.6 Å². The van der Waals surface area contributed by atoms with E-state index in [1.165, 1.54) is 19.1 Å². The van der Waals surface area contributed by atoms with Gasteiger partial charge in [0.15, 0.2) is 0 Å². The van der Waals surface area contributed by atoms with Gasteiger partial charge in [-0.25, -0.2) is 9.37 Å². The first-order valence-electron chi connectivity index (χ1n) is 12.7. The highest BCUT2D eigenvalue weighted by Gasteiger charge is 2.51. The molecule has 8 heteroatoms. The number of ether oxygens (including phenoxy) is 1. The van der Waals surface area contributed by atoms with Crippen molar-refractivity contribution in [3.8, 4) is 5.88 Å². The topological polar surface area (TPSA) is 104 Å². The van der Waals surface area contributed by atoms with Gasteiger partial charge < -0.3 is 25.6 Å². The molecule has 0 unspecified atom stereocenters. The normalized spacial score (nSPS) is 24.9. The molecule has 4 rings (SSSR count). The van der Waals surface area contributed by atoms with Crippen LogP contribution < -0.4 is 15.4 Å². The van der Waals surface area contributed by atoms with E-state index in [1.54, 1.807) is 12.1 Å². The zero-order valence-corrected chi connectivity index (χ0v) is 21.6. The lowest BCUT2D eigenvalue weighted by Gasteiger charge is -2.50. The van der Waals surface area contributed by atoms with E-state index >= 15 is 0 Å². The van der Waals surface area contributed by atoms with Crippen LogP contribution in [0, 0.1) is 11.2 Å².